The first-order valence-corrected chi connectivity index (χ1v) is 7.93. The molecule has 0 aliphatic carbocycles. The lowest BCUT2D eigenvalue weighted by Gasteiger charge is -2.32. The van der Waals surface area contributed by atoms with Crippen LogP contribution >= 0.6 is 0 Å². The van der Waals surface area contributed by atoms with Crippen LogP contribution in [0.2, 0.25) is 0 Å². The average Bonchev–Trinajstić information content (AvgIpc) is 3.04. The normalized spacial score (nSPS) is 12.9. The minimum Gasteiger partial charge on any atom is -0.373 e. The van der Waals surface area contributed by atoms with E-state index >= 15 is 0 Å². The van der Waals surface area contributed by atoms with Gasteiger partial charge < -0.3 is 10.0 Å². The number of hydrogen-bond donors (Lipinski definition) is 1. The zero-order valence-corrected chi connectivity index (χ0v) is 14.7. The fourth-order valence-corrected chi connectivity index (χ4v) is 2.39. The molecule has 6 nitrogen and oxygen atoms in total. The summed E-state index contributed by atoms with van der Waals surface area (Å²) in [6, 6.07) is 3.22. The maximum atomic E-state index is 12.8. The largest absolute Gasteiger partial charge is 0.426 e. The van der Waals surface area contributed by atoms with Gasteiger partial charge in [-0.05, 0) is 18.6 Å². The molecular formula is C16H16F6N4O2. The molecule has 1 N–H and O–H groups in total. The van der Waals surface area contributed by atoms with Gasteiger partial charge in [0.2, 0.25) is 5.91 Å². The van der Waals surface area contributed by atoms with Gasteiger partial charge in [0.1, 0.15) is 0 Å². The summed E-state index contributed by atoms with van der Waals surface area (Å²) in [7, 11) is 1.01. The number of alkyl halides is 6. The van der Waals surface area contributed by atoms with E-state index in [4.69, 9.17) is 0 Å². The SMILES string of the molecule is CCc1nn(-c2cccnc2)cc1N(C)C(=O)CC(O)(C(F)(F)F)C(F)(F)F. The van der Waals surface area contributed by atoms with E-state index in [1.807, 2.05) is 0 Å². The lowest BCUT2D eigenvalue weighted by atomic mass is 9.97. The number of amides is 1. The van der Waals surface area contributed by atoms with Crippen LogP contribution in [0.25, 0.3) is 5.69 Å². The second-order valence-corrected chi connectivity index (χ2v) is 5.96. The molecule has 28 heavy (non-hydrogen) atoms. The van der Waals surface area contributed by atoms with Gasteiger partial charge in [0, 0.05) is 13.2 Å². The molecule has 0 aromatic carbocycles. The predicted molar refractivity (Wildman–Crippen MR) is 85.8 cm³/mol. The Kier molecular flexibility index (Phi) is 5.74. The fraction of sp³-hybridized carbons (Fsp3) is 0.438. The number of hydrogen-bond acceptors (Lipinski definition) is 4. The van der Waals surface area contributed by atoms with Crippen molar-refractivity contribution in [2.75, 3.05) is 11.9 Å². The summed E-state index contributed by atoms with van der Waals surface area (Å²) in [6.07, 6.45) is -9.89. The van der Waals surface area contributed by atoms with Gasteiger partial charge in [0.15, 0.2) is 0 Å². The average molecular weight is 410 g/mol. The molecule has 2 rings (SSSR count). The lowest BCUT2D eigenvalue weighted by molar-refractivity contribution is -0.366. The molecule has 2 aromatic rings. The minimum absolute atomic E-state index is 0.0167. The zero-order valence-electron chi connectivity index (χ0n) is 14.7. The summed E-state index contributed by atoms with van der Waals surface area (Å²) in [5.41, 5.74) is -4.39. The quantitative estimate of drug-likeness (QED) is 0.770. The van der Waals surface area contributed by atoms with Crippen LogP contribution in [-0.2, 0) is 11.2 Å². The van der Waals surface area contributed by atoms with E-state index in [-0.39, 0.29) is 17.8 Å². The fourth-order valence-electron chi connectivity index (χ4n) is 2.39. The van der Waals surface area contributed by atoms with Crippen molar-refractivity contribution in [2.24, 2.45) is 0 Å². The van der Waals surface area contributed by atoms with E-state index in [0.29, 0.717) is 10.6 Å². The topological polar surface area (TPSA) is 71.2 Å². The Morgan fingerprint density at radius 3 is 2.29 bits per heavy atom. The Hall–Kier alpha value is -2.63. The molecule has 2 aromatic heterocycles. The van der Waals surface area contributed by atoms with Gasteiger partial charge in [0.05, 0.1) is 35.9 Å². The summed E-state index contributed by atoms with van der Waals surface area (Å²) in [6.45, 7) is 1.65. The van der Waals surface area contributed by atoms with Gasteiger partial charge in [0.25, 0.3) is 5.60 Å². The van der Waals surface area contributed by atoms with Crippen molar-refractivity contribution >= 4 is 11.6 Å². The highest BCUT2D eigenvalue weighted by molar-refractivity contribution is 5.94. The predicted octanol–water partition coefficient (Wildman–Crippen LogP) is 3.04. The monoisotopic (exact) mass is 410 g/mol. The summed E-state index contributed by atoms with van der Waals surface area (Å²) in [5, 5.41) is 13.4. The number of aromatic nitrogens is 3. The Balaban J connectivity index is 2.36. The third-order valence-electron chi connectivity index (χ3n) is 4.09. The van der Waals surface area contributed by atoms with Crippen LogP contribution in [0.1, 0.15) is 19.0 Å². The van der Waals surface area contributed by atoms with Crippen LogP contribution < -0.4 is 4.90 Å². The van der Waals surface area contributed by atoms with Gasteiger partial charge in [-0.2, -0.15) is 31.4 Å². The molecule has 12 heteroatoms. The van der Waals surface area contributed by atoms with Gasteiger partial charge in [-0.25, -0.2) is 4.68 Å². The smallest absolute Gasteiger partial charge is 0.373 e. The Bertz CT molecular complexity index is 818. The lowest BCUT2D eigenvalue weighted by Crippen LogP contribution is -2.59. The Labute approximate surface area is 155 Å². The standard InChI is InChI=1S/C16H16F6N4O2/c1-3-11-12(9-26(24-11)10-5-4-6-23-8-10)25(2)13(27)7-14(28,15(17,18)19)16(20,21)22/h4-6,8-9,28H,3,7H2,1-2H3. The highest BCUT2D eigenvalue weighted by Crippen LogP contribution is 2.45. The molecule has 0 atom stereocenters. The van der Waals surface area contributed by atoms with Gasteiger partial charge in [-0.1, -0.05) is 6.92 Å². The summed E-state index contributed by atoms with van der Waals surface area (Å²) in [4.78, 5) is 16.7. The maximum absolute atomic E-state index is 12.8. The third-order valence-corrected chi connectivity index (χ3v) is 4.09. The van der Waals surface area contributed by atoms with Crippen molar-refractivity contribution < 1.29 is 36.2 Å². The molecule has 0 aliphatic heterocycles. The minimum atomic E-state index is -6.07. The number of rotatable bonds is 5. The van der Waals surface area contributed by atoms with Crippen molar-refractivity contribution in [1.29, 1.82) is 0 Å². The molecule has 154 valence electrons. The van der Waals surface area contributed by atoms with Crippen molar-refractivity contribution in [1.82, 2.24) is 14.8 Å². The van der Waals surface area contributed by atoms with E-state index in [2.05, 4.69) is 10.1 Å². The first-order valence-electron chi connectivity index (χ1n) is 7.93. The maximum Gasteiger partial charge on any atom is 0.426 e. The van der Waals surface area contributed by atoms with E-state index in [9.17, 15) is 36.2 Å². The zero-order chi connectivity index (χ0) is 21.3. The number of halogens is 6. The molecule has 0 saturated carbocycles. The first-order chi connectivity index (χ1) is 12.8. The van der Waals surface area contributed by atoms with E-state index in [1.165, 1.54) is 23.3 Å². The number of pyridine rings is 1. The molecule has 0 saturated heterocycles. The summed E-state index contributed by atoms with van der Waals surface area (Å²) in [5.74, 6) is -1.57. The van der Waals surface area contributed by atoms with Crippen molar-refractivity contribution in [3.63, 3.8) is 0 Å². The number of anilines is 1. The van der Waals surface area contributed by atoms with Crippen molar-refractivity contribution in [3.05, 3.63) is 36.4 Å². The molecule has 0 fully saturated rings. The summed E-state index contributed by atoms with van der Waals surface area (Å²) < 4.78 is 78.3. The molecular weight excluding hydrogens is 394 g/mol. The van der Waals surface area contributed by atoms with Crippen LogP contribution in [0, 0.1) is 0 Å². The molecule has 0 unspecified atom stereocenters. The van der Waals surface area contributed by atoms with Crippen LogP contribution in [0.4, 0.5) is 32.0 Å². The molecule has 0 aliphatic rings. The number of carbonyl (C=O) groups excluding carboxylic acids is 1. The molecule has 1 amide bonds. The van der Waals surface area contributed by atoms with Crippen LogP contribution in [0.3, 0.4) is 0 Å². The highest BCUT2D eigenvalue weighted by atomic mass is 19.4. The number of aryl methyl sites for hydroxylation is 1. The highest BCUT2D eigenvalue weighted by Gasteiger charge is 2.71. The molecule has 2 heterocycles. The second-order valence-electron chi connectivity index (χ2n) is 5.96. The first kappa shape index (κ1) is 21.7. The van der Waals surface area contributed by atoms with Gasteiger partial charge in [-0.3, -0.25) is 9.78 Å². The van der Waals surface area contributed by atoms with E-state index in [0.717, 1.165) is 7.05 Å². The van der Waals surface area contributed by atoms with Crippen LogP contribution in [0.5, 0.6) is 0 Å². The second kappa shape index (κ2) is 7.41. The summed E-state index contributed by atoms with van der Waals surface area (Å²) >= 11 is 0. The van der Waals surface area contributed by atoms with Gasteiger partial charge in [-0.15, -0.1) is 0 Å². The third kappa shape index (κ3) is 3.96. The van der Waals surface area contributed by atoms with Crippen LogP contribution in [0.15, 0.2) is 30.7 Å². The van der Waals surface area contributed by atoms with Crippen LogP contribution in [-0.4, -0.2) is 50.8 Å². The molecule has 0 radical (unpaired) electrons. The van der Waals surface area contributed by atoms with Crippen molar-refractivity contribution in [3.8, 4) is 5.69 Å². The Morgan fingerprint density at radius 2 is 1.82 bits per heavy atom. The number of carbonyl (C=O) groups is 1. The number of aliphatic hydroxyl groups is 1. The number of nitrogens with zero attached hydrogens (tertiary/aromatic N) is 4. The molecule has 0 bridgehead atoms. The van der Waals surface area contributed by atoms with E-state index in [1.54, 1.807) is 19.1 Å². The van der Waals surface area contributed by atoms with E-state index < -0.39 is 30.3 Å². The Morgan fingerprint density at radius 1 is 1.21 bits per heavy atom. The van der Waals surface area contributed by atoms with Crippen molar-refractivity contribution in [2.45, 2.75) is 37.7 Å². The van der Waals surface area contributed by atoms with Gasteiger partial charge >= 0.3 is 12.4 Å². The molecule has 0 spiro atoms.